The van der Waals surface area contributed by atoms with Crippen LogP contribution in [0.15, 0.2) is 42.5 Å². The average Bonchev–Trinajstić information content (AvgIpc) is 2.55. The van der Waals surface area contributed by atoms with Crippen LogP contribution in [-0.2, 0) is 0 Å². The van der Waals surface area contributed by atoms with Gasteiger partial charge in [-0.3, -0.25) is 9.59 Å². The summed E-state index contributed by atoms with van der Waals surface area (Å²) < 4.78 is 0. The fraction of sp³-hybridized carbons (Fsp3) is 0.300. The molecule has 4 nitrogen and oxygen atoms in total. The van der Waals surface area contributed by atoms with Crippen LogP contribution in [0.25, 0.3) is 0 Å². The molecule has 1 aliphatic rings. The van der Waals surface area contributed by atoms with E-state index in [1.807, 2.05) is 32.0 Å². The maximum absolute atomic E-state index is 13.0. The van der Waals surface area contributed by atoms with Crippen molar-refractivity contribution in [3.63, 3.8) is 0 Å². The van der Waals surface area contributed by atoms with Crippen LogP contribution in [0, 0.1) is 19.8 Å². The van der Waals surface area contributed by atoms with E-state index in [2.05, 4.69) is 10.6 Å². The molecule has 124 valence electrons. The monoisotopic (exact) mass is 322 g/mol. The summed E-state index contributed by atoms with van der Waals surface area (Å²) in [4.78, 5) is 25.5. The van der Waals surface area contributed by atoms with Crippen molar-refractivity contribution < 1.29 is 9.59 Å². The summed E-state index contributed by atoms with van der Waals surface area (Å²) in [6, 6.07) is 12.8. The van der Waals surface area contributed by atoms with Gasteiger partial charge in [-0.2, -0.15) is 0 Å². The molecule has 1 fully saturated rings. The number of carbonyl (C=O) groups is 2. The largest absolute Gasteiger partial charge is 0.352 e. The first kappa shape index (κ1) is 16.4. The Morgan fingerprint density at radius 1 is 1.04 bits per heavy atom. The zero-order valence-electron chi connectivity index (χ0n) is 14.1. The van der Waals surface area contributed by atoms with E-state index in [-0.39, 0.29) is 11.7 Å². The molecule has 0 spiro atoms. The summed E-state index contributed by atoms with van der Waals surface area (Å²) in [6.45, 7) is 6.38. The molecule has 0 aromatic heterocycles. The molecule has 24 heavy (non-hydrogen) atoms. The first-order valence-corrected chi connectivity index (χ1v) is 8.26. The van der Waals surface area contributed by atoms with E-state index in [4.69, 9.17) is 0 Å². The van der Waals surface area contributed by atoms with Crippen molar-refractivity contribution in [1.29, 1.82) is 0 Å². The van der Waals surface area contributed by atoms with Gasteiger partial charge in [-0.05, 0) is 31.5 Å². The van der Waals surface area contributed by atoms with Gasteiger partial charge in [0.15, 0.2) is 5.78 Å². The van der Waals surface area contributed by atoms with Crippen LogP contribution in [0.1, 0.15) is 37.4 Å². The summed E-state index contributed by atoms with van der Waals surface area (Å²) >= 11 is 0. The number of carbonyl (C=O) groups excluding carboxylic acids is 2. The Bertz CT molecular complexity index is 779. The van der Waals surface area contributed by atoms with Crippen LogP contribution in [0.3, 0.4) is 0 Å². The van der Waals surface area contributed by atoms with E-state index in [0.29, 0.717) is 29.2 Å². The molecule has 0 bridgehead atoms. The van der Waals surface area contributed by atoms with E-state index in [1.165, 1.54) is 0 Å². The molecule has 1 saturated heterocycles. The van der Waals surface area contributed by atoms with E-state index in [0.717, 1.165) is 24.2 Å². The number of aryl methyl sites for hydroxylation is 2. The molecule has 1 amide bonds. The zero-order valence-corrected chi connectivity index (χ0v) is 14.1. The Morgan fingerprint density at radius 3 is 2.42 bits per heavy atom. The maximum Gasteiger partial charge on any atom is 0.252 e. The van der Waals surface area contributed by atoms with Gasteiger partial charge in [-0.25, -0.2) is 0 Å². The second-order valence-electron chi connectivity index (χ2n) is 6.43. The molecule has 0 radical (unpaired) electrons. The van der Waals surface area contributed by atoms with Gasteiger partial charge in [0.05, 0.1) is 5.56 Å². The van der Waals surface area contributed by atoms with Gasteiger partial charge in [0.2, 0.25) is 0 Å². The topological polar surface area (TPSA) is 58.2 Å². The highest BCUT2D eigenvalue weighted by molar-refractivity contribution is 6.15. The van der Waals surface area contributed by atoms with E-state index in [9.17, 15) is 9.59 Å². The Balaban J connectivity index is 1.86. The first-order chi connectivity index (χ1) is 11.6. The summed E-state index contributed by atoms with van der Waals surface area (Å²) in [6.07, 6.45) is 0. The van der Waals surface area contributed by atoms with Gasteiger partial charge in [-0.1, -0.05) is 35.9 Å². The van der Waals surface area contributed by atoms with Crippen LogP contribution in [0.2, 0.25) is 0 Å². The van der Waals surface area contributed by atoms with Crippen molar-refractivity contribution in [2.24, 2.45) is 5.92 Å². The number of nitrogens with one attached hydrogen (secondary N) is 2. The molecule has 1 heterocycles. The minimum atomic E-state index is -0.184. The third-order valence-corrected chi connectivity index (χ3v) is 4.47. The fourth-order valence-electron chi connectivity index (χ4n) is 2.83. The smallest absolute Gasteiger partial charge is 0.252 e. The predicted octanol–water partition coefficient (Wildman–Crippen LogP) is 2.48. The number of hydrogen-bond acceptors (Lipinski definition) is 3. The highest BCUT2D eigenvalue weighted by Gasteiger charge is 2.21. The first-order valence-electron chi connectivity index (χ1n) is 8.26. The van der Waals surface area contributed by atoms with E-state index in [1.54, 1.807) is 24.3 Å². The fourth-order valence-corrected chi connectivity index (χ4v) is 2.83. The highest BCUT2D eigenvalue weighted by atomic mass is 16.2. The number of ketones is 1. The Morgan fingerprint density at radius 2 is 1.75 bits per heavy atom. The molecular formula is C20H22N2O2. The quantitative estimate of drug-likeness (QED) is 0.832. The second kappa shape index (κ2) is 6.97. The van der Waals surface area contributed by atoms with Crippen molar-refractivity contribution in [2.45, 2.75) is 13.8 Å². The minimum absolute atomic E-state index is 0.104. The molecule has 2 aromatic carbocycles. The van der Waals surface area contributed by atoms with Crippen LogP contribution < -0.4 is 10.6 Å². The third kappa shape index (κ3) is 3.39. The van der Waals surface area contributed by atoms with Crippen molar-refractivity contribution in [3.8, 4) is 0 Å². The van der Waals surface area contributed by atoms with Gasteiger partial charge in [-0.15, -0.1) is 0 Å². The molecule has 1 aliphatic heterocycles. The molecule has 4 heteroatoms. The average molecular weight is 322 g/mol. The molecule has 0 saturated carbocycles. The van der Waals surface area contributed by atoms with Crippen LogP contribution in [0.5, 0.6) is 0 Å². The normalized spacial score (nSPS) is 14.1. The van der Waals surface area contributed by atoms with Crippen molar-refractivity contribution in [3.05, 3.63) is 70.3 Å². The number of rotatable bonds is 5. The number of benzene rings is 2. The lowest BCUT2D eigenvalue weighted by molar-refractivity contribution is 0.0931. The minimum Gasteiger partial charge on any atom is -0.352 e. The summed E-state index contributed by atoms with van der Waals surface area (Å²) in [7, 11) is 0. The number of amides is 1. The van der Waals surface area contributed by atoms with Crippen molar-refractivity contribution in [1.82, 2.24) is 10.6 Å². The van der Waals surface area contributed by atoms with E-state index >= 15 is 0 Å². The highest BCUT2D eigenvalue weighted by Crippen LogP contribution is 2.19. The molecular weight excluding hydrogens is 300 g/mol. The lowest BCUT2D eigenvalue weighted by Crippen LogP contribution is -2.48. The van der Waals surface area contributed by atoms with Crippen LogP contribution >= 0.6 is 0 Å². The molecule has 3 rings (SSSR count). The van der Waals surface area contributed by atoms with Gasteiger partial charge < -0.3 is 10.6 Å². The predicted molar refractivity (Wildman–Crippen MR) is 94.5 cm³/mol. The van der Waals surface area contributed by atoms with Crippen LogP contribution in [-0.4, -0.2) is 31.3 Å². The SMILES string of the molecule is Cc1ccc(C)c(C(=O)c2ccccc2C(=O)NCC2CNC2)c1. The zero-order chi connectivity index (χ0) is 17.1. The standard InChI is InChI=1S/C20H22N2O2/c1-13-7-8-14(2)18(9-13)19(23)16-5-3-4-6-17(16)20(24)22-12-15-10-21-11-15/h3-9,15,21H,10-12H2,1-2H3,(H,22,24). The maximum atomic E-state index is 13.0. The molecule has 2 aromatic rings. The van der Waals surface area contributed by atoms with Gasteiger partial charge in [0.1, 0.15) is 0 Å². The summed E-state index contributed by atoms with van der Waals surface area (Å²) in [5.41, 5.74) is 3.49. The lowest BCUT2D eigenvalue weighted by atomic mass is 9.94. The van der Waals surface area contributed by atoms with Gasteiger partial charge >= 0.3 is 0 Å². The van der Waals surface area contributed by atoms with Crippen molar-refractivity contribution >= 4 is 11.7 Å². The number of hydrogen-bond donors (Lipinski definition) is 2. The summed E-state index contributed by atoms with van der Waals surface area (Å²) in [5.74, 6) is 0.194. The lowest BCUT2D eigenvalue weighted by Gasteiger charge is -2.27. The van der Waals surface area contributed by atoms with Gasteiger partial charge in [0.25, 0.3) is 5.91 Å². The third-order valence-electron chi connectivity index (χ3n) is 4.47. The molecule has 0 atom stereocenters. The molecule has 0 unspecified atom stereocenters. The second-order valence-corrected chi connectivity index (χ2v) is 6.43. The van der Waals surface area contributed by atoms with Crippen molar-refractivity contribution in [2.75, 3.05) is 19.6 Å². The Hall–Kier alpha value is -2.46. The van der Waals surface area contributed by atoms with E-state index < -0.39 is 0 Å². The van der Waals surface area contributed by atoms with Gasteiger partial charge in [0, 0.05) is 36.7 Å². The Labute approximate surface area is 142 Å². The molecule has 2 N–H and O–H groups in total. The Kier molecular flexibility index (Phi) is 4.76. The van der Waals surface area contributed by atoms with Crippen LogP contribution in [0.4, 0.5) is 0 Å². The summed E-state index contributed by atoms with van der Waals surface area (Å²) in [5, 5.41) is 6.12. The molecule has 0 aliphatic carbocycles.